The Morgan fingerprint density at radius 2 is 2.00 bits per heavy atom. The van der Waals surface area contributed by atoms with Crippen LogP contribution in [0.5, 0.6) is 0 Å². The van der Waals surface area contributed by atoms with Crippen molar-refractivity contribution in [1.82, 2.24) is 10.3 Å². The molecule has 0 unspecified atom stereocenters. The van der Waals surface area contributed by atoms with Crippen molar-refractivity contribution in [2.45, 2.75) is 25.8 Å². The van der Waals surface area contributed by atoms with E-state index in [0.29, 0.717) is 0 Å². The third kappa shape index (κ3) is 3.76. The molecule has 6 heteroatoms. The van der Waals surface area contributed by atoms with Crippen LogP contribution in [0.25, 0.3) is 0 Å². The molecule has 0 atom stereocenters. The van der Waals surface area contributed by atoms with E-state index in [0.717, 1.165) is 36.8 Å². The number of aryl methyl sites for hydroxylation is 1. The zero-order valence-corrected chi connectivity index (χ0v) is 13.4. The van der Waals surface area contributed by atoms with Crippen LogP contribution >= 0.6 is 11.3 Å². The summed E-state index contributed by atoms with van der Waals surface area (Å²) in [6, 6.07) is 7.91. The maximum Gasteiger partial charge on any atom is 0.319 e. The van der Waals surface area contributed by atoms with E-state index in [2.05, 4.69) is 20.5 Å². The molecule has 116 valence electrons. The Morgan fingerprint density at radius 1 is 1.27 bits per heavy atom. The van der Waals surface area contributed by atoms with Crippen LogP contribution in [0, 0.1) is 6.92 Å². The van der Waals surface area contributed by atoms with Crippen molar-refractivity contribution in [3.63, 3.8) is 0 Å². The van der Waals surface area contributed by atoms with E-state index in [4.69, 9.17) is 0 Å². The number of thiazole rings is 1. The Hall–Kier alpha value is -2.08. The number of hydrogen-bond acceptors (Lipinski definition) is 4. The fraction of sp³-hybridized carbons (Fsp3) is 0.375. The quantitative estimate of drug-likeness (QED) is 0.914. The molecular weight excluding hydrogens is 296 g/mol. The van der Waals surface area contributed by atoms with Crippen LogP contribution in [-0.4, -0.2) is 30.1 Å². The van der Waals surface area contributed by atoms with Gasteiger partial charge in [0.2, 0.25) is 0 Å². The molecular formula is C16H20N4OS. The van der Waals surface area contributed by atoms with Crippen molar-refractivity contribution in [3.8, 4) is 0 Å². The predicted octanol–water partition coefficient (Wildman–Crippen LogP) is 3.24. The molecule has 1 saturated heterocycles. The monoisotopic (exact) mass is 316 g/mol. The first-order chi connectivity index (χ1) is 10.7. The van der Waals surface area contributed by atoms with E-state index in [9.17, 15) is 4.79 Å². The summed E-state index contributed by atoms with van der Waals surface area (Å²) >= 11 is 1.66. The number of carbonyl (C=O) groups is 1. The largest absolute Gasteiger partial charge is 0.348 e. The Labute approximate surface area is 134 Å². The summed E-state index contributed by atoms with van der Waals surface area (Å²) in [7, 11) is 0. The second-order valence-corrected chi connectivity index (χ2v) is 6.41. The lowest BCUT2D eigenvalue weighted by Crippen LogP contribution is -2.46. The summed E-state index contributed by atoms with van der Waals surface area (Å²) in [5.41, 5.74) is 2.00. The van der Waals surface area contributed by atoms with Gasteiger partial charge in [-0.15, -0.1) is 11.3 Å². The van der Waals surface area contributed by atoms with Gasteiger partial charge in [0, 0.05) is 36.4 Å². The highest BCUT2D eigenvalue weighted by molar-refractivity contribution is 7.13. The molecule has 3 rings (SSSR count). The van der Waals surface area contributed by atoms with Gasteiger partial charge in [0.05, 0.1) is 0 Å². The lowest BCUT2D eigenvalue weighted by atomic mass is 10.1. The second kappa shape index (κ2) is 6.79. The minimum absolute atomic E-state index is 0.128. The topological polar surface area (TPSA) is 57.3 Å². The average molecular weight is 316 g/mol. The van der Waals surface area contributed by atoms with Crippen molar-refractivity contribution >= 4 is 28.2 Å². The number of piperidine rings is 1. The molecule has 1 fully saturated rings. The molecule has 2 aromatic rings. The molecule has 1 aromatic carbocycles. The number of nitrogens with zero attached hydrogens (tertiary/aromatic N) is 2. The Bertz CT molecular complexity index is 604. The van der Waals surface area contributed by atoms with Crippen LogP contribution in [0.15, 0.2) is 35.8 Å². The SMILES string of the molecule is Cc1ccc(NC(=O)NC2CCN(c3nccs3)CC2)cc1. The van der Waals surface area contributed by atoms with Crippen LogP contribution in [0.4, 0.5) is 15.6 Å². The molecule has 2 heterocycles. The van der Waals surface area contributed by atoms with Gasteiger partial charge in [0.1, 0.15) is 0 Å². The zero-order chi connectivity index (χ0) is 15.4. The Kier molecular flexibility index (Phi) is 4.58. The van der Waals surface area contributed by atoms with E-state index < -0.39 is 0 Å². The van der Waals surface area contributed by atoms with Crippen molar-refractivity contribution in [2.75, 3.05) is 23.3 Å². The normalized spacial score (nSPS) is 15.6. The summed E-state index contributed by atoms with van der Waals surface area (Å²) < 4.78 is 0. The maximum atomic E-state index is 12.0. The van der Waals surface area contributed by atoms with E-state index in [1.807, 2.05) is 42.8 Å². The van der Waals surface area contributed by atoms with Gasteiger partial charge >= 0.3 is 6.03 Å². The van der Waals surface area contributed by atoms with Crippen molar-refractivity contribution in [1.29, 1.82) is 0 Å². The highest BCUT2D eigenvalue weighted by Crippen LogP contribution is 2.22. The molecule has 1 aromatic heterocycles. The van der Waals surface area contributed by atoms with Gasteiger partial charge < -0.3 is 15.5 Å². The number of amides is 2. The fourth-order valence-corrected chi connectivity index (χ4v) is 3.27. The van der Waals surface area contributed by atoms with Gasteiger partial charge in [0.15, 0.2) is 5.13 Å². The number of anilines is 2. The number of urea groups is 1. The molecule has 0 saturated carbocycles. The summed E-state index contributed by atoms with van der Waals surface area (Å²) in [4.78, 5) is 18.6. The van der Waals surface area contributed by atoms with Gasteiger partial charge in [-0.1, -0.05) is 17.7 Å². The average Bonchev–Trinajstić information content (AvgIpc) is 3.05. The van der Waals surface area contributed by atoms with E-state index in [1.54, 1.807) is 11.3 Å². The van der Waals surface area contributed by atoms with Crippen LogP contribution in [0.2, 0.25) is 0 Å². The molecule has 5 nitrogen and oxygen atoms in total. The molecule has 1 aliphatic heterocycles. The summed E-state index contributed by atoms with van der Waals surface area (Å²) in [6.07, 6.45) is 3.72. The van der Waals surface area contributed by atoms with Gasteiger partial charge in [-0.2, -0.15) is 0 Å². The van der Waals surface area contributed by atoms with Gasteiger partial charge in [-0.05, 0) is 31.9 Å². The Morgan fingerprint density at radius 3 is 2.64 bits per heavy atom. The molecule has 1 aliphatic rings. The zero-order valence-electron chi connectivity index (χ0n) is 12.6. The van der Waals surface area contributed by atoms with E-state index in [-0.39, 0.29) is 12.1 Å². The number of aromatic nitrogens is 1. The Balaban J connectivity index is 1.46. The van der Waals surface area contributed by atoms with Crippen LogP contribution in [0.1, 0.15) is 18.4 Å². The van der Waals surface area contributed by atoms with Gasteiger partial charge in [-0.3, -0.25) is 0 Å². The molecule has 0 bridgehead atoms. The summed E-state index contributed by atoms with van der Waals surface area (Å²) in [6.45, 7) is 3.89. The van der Waals surface area contributed by atoms with E-state index >= 15 is 0 Å². The smallest absolute Gasteiger partial charge is 0.319 e. The lowest BCUT2D eigenvalue weighted by Gasteiger charge is -2.32. The number of carbonyl (C=O) groups excluding carboxylic acids is 1. The fourth-order valence-electron chi connectivity index (χ4n) is 2.58. The summed E-state index contributed by atoms with van der Waals surface area (Å²) in [5.74, 6) is 0. The third-order valence-corrected chi connectivity index (χ3v) is 4.66. The van der Waals surface area contributed by atoms with Gasteiger partial charge in [0.25, 0.3) is 0 Å². The predicted molar refractivity (Wildman–Crippen MR) is 90.7 cm³/mol. The second-order valence-electron chi connectivity index (χ2n) is 5.54. The minimum Gasteiger partial charge on any atom is -0.348 e. The highest BCUT2D eigenvalue weighted by atomic mass is 32.1. The standard InChI is InChI=1S/C16H20N4OS/c1-12-2-4-13(5-3-12)18-15(21)19-14-6-9-20(10-7-14)16-17-8-11-22-16/h2-5,8,11,14H,6-7,9-10H2,1H3,(H2,18,19,21). The molecule has 2 N–H and O–H groups in total. The molecule has 22 heavy (non-hydrogen) atoms. The van der Waals surface area contributed by atoms with Crippen LogP contribution < -0.4 is 15.5 Å². The highest BCUT2D eigenvalue weighted by Gasteiger charge is 2.21. The third-order valence-electron chi connectivity index (χ3n) is 3.83. The van der Waals surface area contributed by atoms with Crippen LogP contribution in [-0.2, 0) is 0 Å². The molecule has 0 radical (unpaired) electrons. The number of nitrogens with one attached hydrogen (secondary N) is 2. The molecule has 0 aliphatic carbocycles. The minimum atomic E-state index is -0.128. The first-order valence-electron chi connectivity index (χ1n) is 7.49. The van der Waals surface area contributed by atoms with Crippen molar-refractivity contribution in [3.05, 3.63) is 41.4 Å². The molecule has 0 spiro atoms. The number of benzene rings is 1. The van der Waals surface area contributed by atoms with Gasteiger partial charge in [-0.25, -0.2) is 9.78 Å². The van der Waals surface area contributed by atoms with Crippen molar-refractivity contribution in [2.24, 2.45) is 0 Å². The lowest BCUT2D eigenvalue weighted by molar-refractivity contribution is 0.246. The summed E-state index contributed by atoms with van der Waals surface area (Å²) in [5, 5.41) is 9.00. The number of hydrogen-bond donors (Lipinski definition) is 2. The first kappa shape index (κ1) is 14.8. The maximum absolute atomic E-state index is 12.0. The molecule has 2 amide bonds. The van der Waals surface area contributed by atoms with Crippen LogP contribution in [0.3, 0.4) is 0 Å². The number of rotatable bonds is 3. The van der Waals surface area contributed by atoms with Crippen molar-refractivity contribution < 1.29 is 4.79 Å². The first-order valence-corrected chi connectivity index (χ1v) is 8.37. The van der Waals surface area contributed by atoms with E-state index in [1.165, 1.54) is 5.56 Å².